The van der Waals surface area contributed by atoms with Crippen molar-refractivity contribution in [3.8, 4) is 0 Å². The van der Waals surface area contributed by atoms with Crippen molar-refractivity contribution in [1.29, 1.82) is 0 Å². The summed E-state index contributed by atoms with van der Waals surface area (Å²) in [6, 6.07) is 5.57. The van der Waals surface area contributed by atoms with Crippen LogP contribution < -0.4 is 5.43 Å². The number of non-ortho nitro benzene ring substituents is 1. The highest BCUT2D eigenvalue weighted by atomic mass is 35.5. The molecule has 1 rings (SSSR count). The Morgan fingerprint density at radius 2 is 2.00 bits per heavy atom. The summed E-state index contributed by atoms with van der Waals surface area (Å²) in [4.78, 5) is 20.6. The molecule has 0 bridgehead atoms. The smallest absolute Gasteiger partial charge is 0.269 e. The topological polar surface area (TPSA) is 84.6 Å². The lowest BCUT2D eigenvalue weighted by molar-refractivity contribution is -0.384. The number of nitro groups is 1. The van der Waals surface area contributed by atoms with Gasteiger partial charge >= 0.3 is 0 Å². The fourth-order valence-electron chi connectivity index (χ4n) is 0.850. The second kappa shape index (κ2) is 5.22. The van der Waals surface area contributed by atoms with Crippen molar-refractivity contribution in [2.75, 3.05) is 5.43 Å². The number of hydrazone groups is 1. The Labute approximate surface area is 96.1 Å². The van der Waals surface area contributed by atoms with Gasteiger partial charge < -0.3 is 0 Å². The predicted octanol–water partition coefficient (Wildman–Crippen LogP) is 2.15. The van der Waals surface area contributed by atoms with Gasteiger partial charge in [0.25, 0.3) is 5.69 Å². The molecule has 0 saturated heterocycles. The summed E-state index contributed by atoms with van der Waals surface area (Å²) < 4.78 is 0. The zero-order valence-corrected chi connectivity index (χ0v) is 9.06. The van der Waals surface area contributed by atoms with Gasteiger partial charge in [-0.1, -0.05) is 11.6 Å². The van der Waals surface area contributed by atoms with Crippen molar-refractivity contribution in [3.05, 3.63) is 34.4 Å². The van der Waals surface area contributed by atoms with E-state index in [0.717, 1.165) is 0 Å². The van der Waals surface area contributed by atoms with E-state index < -0.39 is 4.92 Å². The molecular formula is C9H8ClN3O3. The molecule has 1 aromatic carbocycles. The number of nitro benzene ring substituents is 1. The Kier molecular flexibility index (Phi) is 3.96. The first-order chi connectivity index (χ1) is 7.50. The molecule has 0 aromatic heterocycles. The Morgan fingerprint density at radius 1 is 1.44 bits per heavy atom. The summed E-state index contributed by atoms with van der Waals surface area (Å²) >= 11 is 5.48. The molecule has 0 amide bonds. The third-order valence-corrected chi connectivity index (χ3v) is 2.00. The number of carbonyl (C=O) groups excluding carboxylic acids is 1. The molecule has 0 spiro atoms. The first-order valence-corrected chi connectivity index (χ1v) is 4.63. The number of hydrogen-bond acceptors (Lipinski definition) is 5. The molecule has 7 heteroatoms. The third kappa shape index (κ3) is 3.32. The van der Waals surface area contributed by atoms with Gasteiger partial charge in [-0.25, -0.2) is 0 Å². The van der Waals surface area contributed by atoms with Gasteiger partial charge in [0.15, 0.2) is 11.0 Å². The zero-order valence-electron chi connectivity index (χ0n) is 8.31. The SMILES string of the molecule is CC(=O)/C(Cl)=N\Nc1ccc([N+](=O)[O-])cc1. The fourth-order valence-corrected chi connectivity index (χ4v) is 0.892. The Hall–Kier alpha value is -1.95. The van der Waals surface area contributed by atoms with Crippen LogP contribution in [0, 0.1) is 10.1 Å². The van der Waals surface area contributed by atoms with E-state index in [4.69, 9.17) is 11.6 Å². The van der Waals surface area contributed by atoms with Gasteiger partial charge in [-0.05, 0) is 12.1 Å². The Morgan fingerprint density at radius 3 is 2.44 bits per heavy atom. The van der Waals surface area contributed by atoms with Crippen molar-refractivity contribution < 1.29 is 9.72 Å². The molecular weight excluding hydrogens is 234 g/mol. The standard InChI is InChI=1S/C9H8ClN3O3/c1-6(14)9(10)12-11-7-2-4-8(5-3-7)13(15)16/h2-5,11H,1H3/b12-9+. The second-order valence-electron chi connectivity index (χ2n) is 2.87. The second-order valence-corrected chi connectivity index (χ2v) is 3.23. The van der Waals surface area contributed by atoms with Gasteiger partial charge in [-0.2, -0.15) is 5.10 Å². The highest BCUT2D eigenvalue weighted by molar-refractivity contribution is 6.82. The molecule has 1 N–H and O–H groups in total. The van der Waals surface area contributed by atoms with E-state index in [1.807, 2.05) is 0 Å². The molecule has 0 heterocycles. The summed E-state index contributed by atoms with van der Waals surface area (Å²) in [7, 11) is 0. The predicted molar refractivity (Wildman–Crippen MR) is 60.7 cm³/mol. The minimum atomic E-state index is -0.504. The number of nitrogens with one attached hydrogen (secondary N) is 1. The summed E-state index contributed by atoms with van der Waals surface area (Å²) in [5.41, 5.74) is 2.99. The average Bonchev–Trinajstić information content (AvgIpc) is 2.26. The number of ketones is 1. The van der Waals surface area contributed by atoms with E-state index in [1.165, 1.54) is 31.2 Å². The number of hydrogen-bond donors (Lipinski definition) is 1. The number of Topliss-reactive ketones (excluding diaryl/α,β-unsaturated/α-hetero) is 1. The van der Waals surface area contributed by atoms with Crippen LogP contribution in [0.5, 0.6) is 0 Å². The van der Waals surface area contributed by atoms with Crippen molar-refractivity contribution in [2.45, 2.75) is 6.92 Å². The number of nitrogens with zero attached hydrogens (tertiary/aromatic N) is 2. The van der Waals surface area contributed by atoms with Crippen LogP contribution in [0.3, 0.4) is 0 Å². The van der Waals surface area contributed by atoms with Gasteiger partial charge in [0.1, 0.15) is 0 Å². The van der Waals surface area contributed by atoms with Crippen LogP contribution in [-0.2, 0) is 4.79 Å². The maximum atomic E-state index is 10.7. The van der Waals surface area contributed by atoms with Gasteiger partial charge in [0.05, 0.1) is 10.6 Å². The first-order valence-electron chi connectivity index (χ1n) is 4.25. The van der Waals surface area contributed by atoms with Crippen molar-refractivity contribution in [2.24, 2.45) is 5.10 Å². The Balaban J connectivity index is 2.73. The summed E-state index contributed by atoms with van der Waals surface area (Å²) in [6.45, 7) is 1.28. The molecule has 0 aliphatic carbocycles. The average molecular weight is 242 g/mol. The minimum absolute atomic E-state index is 0.0211. The molecule has 1 aromatic rings. The van der Waals surface area contributed by atoms with Crippen LogP contribution in [0.2, 0.25) is 0 Å². The lowest BCUT2D eigenvalue weighted by Gasteiger charge is -1.99. The van der Waals surface area contributed by atoms with E-state index in [-0.39, 0.29) is 16.6 Å². The molecule has 0 radical (unpaired) electrons. The lowest BCUT2D eigenvalue weighted by atomic mass is 10.3. The first kappa shape index (κ1) is 12.1. The number of halogens is 1. The maximum absolute atomic E-state index is 10.7. The van der Waals surface area contributed by atoms with Crippen LogP contribution >= 0.6 is 11.6 Å². The number of rotatable bonds is 4. The van der Waals surface area contributed by atoms with E-state index in [0.29, 0.717) is 5.69 Å². The summed E-state index contributed by atoms with van der Waals surface area (Å²) in [5.74, 6) is -0.365. The largest absolute Gasteiger partial charge is 0.292 e. The maximum Gasteiger partial charge on any atom is 0.269 e. The number of benzene rings is 1. The van der Waals surface area contributed by atoms with Gasteiger partial charge in [-0.3, -0.25) is 20.3 Å². The lowest BCUT2D eigenvalue weighted by Crippen LogP contribution is -2.04. The quantitative estimate of drug-likeness (QED) is 0.497. The fraction of sp³-hybridized carbons (Fsp3) is 0.111. The number of carbonyl (C=O) groups is 1. The highest BCUT2D eigenvalue weighted by Gasteiger charge is 2.04. The normalized spacial score (nSPS) is 11.0. The molecule has 0 saturated carbocycles. The van der Waals surface area contributed by atoms with Gasteiger partial charge in [0, 0.05) is 19.1 Å². The Bertz CT molecular complexity index is 442. The van der Waals surface area contributed by atoms with Gasteiger partial charge in [0.2, 0.25) is 0 Å². The molecule has 0 aliphatic rings. The van der Waals surface area contributed by atoms with Crippen LogP contribution in [0.4, 0.5) is 11.4 Å². The van der Waals surface area contributed by atoms with Crippen molar-refractivity contribution in [3.63, 3.8) is 0 Å². The van der Waals surface area contributed by atoms with E-state index in [9.17, 15) is 14.9 Å². The van der Waals surface area contributed by atoms with E-state index in [2.05, 4.69) is 10.5 Å². The van der Waals surface area contributed by atoms with Crippen LogP contribution in [0.1, 0.15) is 6.92 Å². The molecule has 84 valence electrons. The van der Waals surface area contributed by atoms with Crippen LogP contribution in [-0.4, -0.2) is 15.9 Å². The van der Waals surface area contributed by atoms with E-state index >= 15 is 0 Å². The van der Waals surface area contributed by atoms with Crippen molar-refractivity contribution >= 4 is 33.9 Å². The monoisotopic (exact) mass is 241 g/mol. The minimum Gasteiger partial charge on any atom is -0.292 e. The molecule has 16 heavy (non-hydrogen) atoms. The molecule has 0 fully saturated rings. The number of anilines is 1. The highest BCUT2D eigenvalue weighted by Crippen LogP contribution is 2.15. The summed E-state index contributed by atoms with van der Waals surface area (Å²) in [6.07, 6.45) is 0. The molecule has 6 nitrogen and oxygen atoms in total. The van der Waals surface area contributed by atoms with Crippen LogP contribution in [0.15, 0.2) is 29.4 Å². The molecule has 0 aliphatic heterocycles. The van der Waals surface area contributed by atoms with Gasteiger partial charge in [-0.15, -0.1) is 0 Å². The van der Waals surface area contributed by atoms with E-state index in [1.54, 1.807) is 0 Å². The zero-order chi connectivity index (χ0) is 12.1. The van der Waals surface area contributed by atoms with Crippen LogP contribution in [0.25, 0.3) is 0 Å². The molecule has 0 atom stereocenters. The summed E-state index contributed by atoms with van der Waals surface area (Å²) in [5, 5.41) is 13.8. The molecule has 0 unspecified atom stereocenters. The van der Waals surface area contributed by atoms with Crippen molar-refractivity contribution in [1.82, 2.24) is 0 Å². The third-order valence-electron chi connectivity index (χ3n) is 1.65.